The maximum Gasteiger partial charge on any atom is 0.129 e. The molecular weight excluding hydrogens is 230 g/mol. The highest BCUT2D eigenvalue weighted by Crippen LogP contribution is 2.44. The minimum atomic E-state index is 0.113. The average Bonchev–Trinajstić information content (AvgIpc) is 2.68. The highest BCUT2D eigenvalue weighted by atomic mass is 32.2. The summed E-state index contributed by atoms with van der Waals surface area (Å²) >= 11 is 1.63. The lowest BCUT2D eigenvalue weighted by atomic mass is 10.3. The van der Waals surface area contributed by atoms with E-state index in [-0.39, 0.29) is 5.57 Å². The molecule has 3 nitrogen and oxygen atoms in total. The van der Waals surface area contributed by atoms with Gasteiger partial charge in [-0.2, -0.15) is 10.5 Å². The third kappa shape index (κ3) is 2.18. The molecule has 0 spiro atoms. The molecule has 0 N–H and O–H groups in total. The number of nitrogens with zero attached hydrogens (tertiary/aromatic N) is 3. The quantitative estimate of drug-likeness (QED) is 0.707. The van der Waals surface area contributed by atoms with Crippen molar-refractivity contribution in [3.05, 3.63) is 47.0 Å². The molecule has 1 aromatic carbocycles. The lowest BCUT2D eigenvalue weighted by Gasteiger charge is -2.12. The van der Waals surface area contributed by atoms with Gasteiger partial charge in [0.25, 0.3) is 0 Å². The smallest absolute Gasteiger partial charge is 0.129 e. The lowest BCUT2D eigenvalue weighted by molar-refractivity contribution is 1.17. The van der Waals surface area contributed by atoms with Crippen LogP contribution in [-0.2, 0) is 0 Å². The van der Waals surface area contributed by atoms with Gasteiger partial charge in [0, 0.05) is 11.9 Å². The molecule has 2 rings (SSSR count). The normalized spacial score (nSPS) is 15.0. The van der Waals surface area contributed by atoms with Gasteiger partial charge in [-0.25, -0.2) is 0 Å². The van der Waals surface area contributed by atoms with E-state index in [1.54, 1.807) is 23.9 Å². The fourth-order valence-corrected chi connectivity index (χ4v) is 2.57. The molecule has 0 unspecified atom stereocenters. The van der Waals surface area contributed by atoms with Gasteiger partial charge in [-0.15, -0.1) is 0 Å². The summed E-state index contributed by atoms with van der Waals surface area (Å²) in [5.41, 5.74) is 1.26. The second-order valence-electron chi connectivity index (χ2n) is 3.44. The molecule has 0 saturated carbocycles. The molecule has 0 fully saturated rings. The van der Waals surface area contributed by atoms with E-state index in [0.29, 0.717) is 0 Å². The molecule has 17 heavy (non-hydrogen) atoms. The van der Waals surface area contributed by atoms with E-state index in [1.165, 1.54) is 4.90 Å². The Bertz CT molecular complexity index is 571. The molecule has 0 radical (unpaired) electrons. The van der Waals surface area contributed by atoms with Gasteiger partial charge in [-0.3, -0.25) is 0 Å². The standard InChI is InChI=1S/C13H9N3S/c1-16-11-4-2-3-5-12(11)17-13(16)7-6-10(8-14)9-15/h2-7H,1H3/b13-7+. The van der Waals surface area contributed by atoms with Crippen molar-refractivity contribution >= 4 is 17.4 Å². The summed E-state index contributed by atoms with van der Waals surface area (Å²) in [5.74, 6) is 0. The molecular formula is C13H9N3S. The molecule has 0 saturated heterocycles. The molecule has 1 aromatic rings. The Balaban J connectivity index is 2.30. The Morgan fingerprint density at radius 1 is 1.29 bits per heavy atom. The number of thioether (sulfide) groups is 1. The second-order valence-corrected chi connectivity index (χ2v) is 4.50. The zero-order valence-corrected chi connectivity index (χ0v) is 10.0. The Hall–Kier alpha value is -2.17. The first-order chi connectivity index (χ1) is 8.26. The van der Waals surface area contributed by atoms with Crippen LogP contribution in [0.5, 0.6) is 0 Å². The van der Waals surface area contributed by atoms with E-state index in [1.807, 2.05) is 42.3 Å². The zero-order chi connectivity index (χ0) is 12.3. The van der Waals surface area contributed by atoms with Crippen molar-refractivity contribution in [2.24, 2.45) is 0 Å². The zero-order valence-electron chi connectivity index (χ0n) is 9.21. The third-order valence-electron chi connectivity index (χ3n) is 2.41. The number of fused-ring (bicyclic) bond motifs is 1. The van der Waals surface area contributed by atoms with Crippen LogP contribution in [-0.4, -0.2) is 7.05 Å². The Morgan fingerprint density at radius 2 is 2.00 bits per heavy atom. The summed E-state index contributed by atoms with van der Waals surface area (Å²) in [4.78, 5) is 3.23. The van der Waals surface area contributed by atoms with Crippen molar-refractivity contribution in [2.45, 2.75) is 4.90 Å². The van der Waals surface area contributed by atoms with Gasteiger partial charge < -0.3 is 4.90 Å². The largest absolute Gasteiger partial charge is 0.338 e. The van der Waals surface area contributed by atoms with Crippen molar-refractivity contribution in [3.63, 3.8) is 0 Å². The van der Waals surface area contributed by atoms with E-state index in [2.05, 4.69) is 6.07 Å². The predicted octanol–water partition coefficient (Wildman–Crippen LogP) is 3.04. The van der Waals surface area contributed by atoms with Gasteiger partial charge >= 0.3 is 0 Å². The summed E-state index contributed by atoms with van der Waals surface area (Å²) in [6.07, 6.45) is 3.34. The monoisotopic (exact) mass is 239 g/mol. The van der Waals surface area contributed by atoms with Crippen molar-refractivity contribution in [1.82, 2.24) is 0 Å². The number of rotatable bonds is 1. The molecule has 0 amide bonds. The molecule has 1 aliphatic heterocycles. The minimum Gasteiger partial charge on any atom is -0.338 e. The van der Waals surface area contributed by atoms with E-state index < -0.39 is 0 Å². The number of benzene rings is 1. The Morgan fingerprint density at radius 3 is 2.65 bits per heavy atom. The van der Waals surface area contributed by atoms with Crippen LogP contribution in [0.15, 0.2) is 51.9 Å². The van der Waals surface area contributed by atoms with Crippen LogP contribution >= 0.6 is 11.8 Å². The Labute approximate surface area is 104 Å². The Kier molecular flexibility index (Phi) is 3.18. The van der Waals surface area contributed by atoms with Gasteiger partial charge in [-0.05, 0) is 24.3 Å². The number of para-hydroxylation sites is 1. The number of hydrogen-bond donors (Lipinski definition) is 0. The van der Waals surface area contributed by atoms with Crippen LogP contribution in [0.2, 0.25) is 0 Å². The molecule has 82 valence electrons. The first-order valence-corrected chi connectivity index (χ1v) is 5.80. The van der Waals surface area contributed by atoms with Gasteiger partial charge in [-0.1, -0.05) is 23.9 Å². The van der Waals surface area contributed by atoms with Crippen LogP contribution in [0.25, 0.3) is 0 Å². The van der Waals surface area contributed by atoms with Crippen molar-refractivity contribution < 1.29 is 0 Å². The summed E-state index contributed by atoms with van der Waals surface area (Å²) in [6.45, 7) is 0. The van der Waals surface area contributed by atoms with E-state index in [0.717, 1.165) is 10.7 Å². The SMILES string of the molecule is CN1/C(=C\C=C(C#N)C#N)Sc2ccccc21. The highest BCUT2D eigenvalue weighted by molar-refractivity contribution is 8.03. The molecule has 0 aliphatic carbocycles. The number of hydrogen-bond acceptors (Lipinski definition) is 4. The van der Waals surface area contributed by atoms with E-state index in [9.17, 15) is 0 Å². The van der Waals surface area contributed by atoms with Gasteiger partial charge in [0.15, 0.2) is 0 Å². The van der Waals surface area contributed by atoms with Crippen LogP contribution in [0.3, 0.4) is 0 Å². The molecule has 1 heterocycles. The van der Waals surface area contributed by atoms with E-state index >= 15 is 0 Å². The molecule has 1 aliphatic rings. The van der Waals surface area contributed by atoms with Crippen LogP contribution in [0.4, 0.5) is 5.69 Å². The molecule has 4 heteroatoms. The lowest BCUT2D eigenvalue weighted by Crippen LogP contribution is -2.08. The fourth-order valence-electron chi connectivity index (χ4n) is 1.52. The maximum atomic E-state index is 8.65. The van der Waals surface area contributed by atoms with Crippen LogP contribution in [0, 0.1) is 22.7 Å². The van der Waals surface area contributed by atoms with Crippen LogP contribution in [0.1, 0.15) is 0 Å². The van der Waals surface area contributed by atoms with Gasteiger partial charge in [0.05, 0.1) is 10.7 Å². The molecule has 0 aromatic heterocycles. The second kappa shape index (κ2) is 4.78. The first kappa shape index (κ1) is 11.3. The predicted molar refractivity (Wildman–Crippen MR) is 68.1 cm³/mol. The van der Waals surface area contributed by atoms with Crippen molar-refractivity contribution in [3.8, 4) is 12.1 Å². The number of nitriles is 2. The van der Waals surface area contributed by atoms with Crippen molar-refractivity contribution in [2.75, 3.05) is 11.9 Å². The fraction of sp³-hybridized carbons (Fsp3) is 0.0769. The molecule has 0 bridgehead atoms. The average molecular weight is 239 g/mol. The summed E-state index contributed by atoms with van der Waals surface area (Å²) in [7, 11) is 1.97. The van der Waals surface area contributed by atoms with Crippen LogP contribution < -0.4 is 4.90 Å². The minimum absolute atomic E-state index is 0.113. The van der Waals surface area contributed by atoms with Gasteiger partial charge in [0.1, 0.15) is 17.7 Å². The first-order valence-electron chi connectivity index (χ1n) is 4.99. The maximum absolute atomic E-state index is 8.65. The topological polar surface area (TPSA) is 50.8 Å². The summed E-state index contributed by atoms with van der Waals surface area (Å²) in [6, 6.07) is 11.8. The number of allylic oxidation sites excluding steroid dienone is 3. The van der Waals surface area contributed by atoms with E-state index in [4.69, 9.17) is 10.5 Å². The van der Waals surface area contributed by atoms with Crippen molar-refractivity contribution in [1.29, 1.82) is 10.5 Å². The third-order valence-corrected chi connectivity index (χ3v) is 3.59. The van der Waals surface area contributed by atoms with Gasteiger partial charge in [0.2, 0.25) is 0 Å². The summed E-state index contributed by atoms with van der Waals surface area (Å²) < 4.78 is 0. The summed E-state index contributed by atoms with van der Waals surface area (Å²) in [5, 5.41) is 18.3. The number of anilines is 1. The molecule has 0 atom stereocenters. The highest BCUT2D eigenvalue weighted by Gasteiger charge is 2.20.